The zero-order valence-electron chi connectivity index (χ0n) is 18.0. The molecule has 2 aromatic heterocycles. The molecule has 2 aromatic carbocycles. The quantitative estimate of drug-likeness (QED) is 0.485. The molecule has 1 atom stereocenters. The maximum atomic E-state index is 13.5. The van der Waals surface area contributed by atoms with Crippen molar-refractivity contribution in [3.63, 3.8) is 0 Å². The molecule has 0 aliphatic heterocycles. The second kappa shape index (κ2) is 9.13. The van der Waals surface area contributed by atoms with Gasteiger partial charge in [0, 0.05) is 31.8 Å². The lowest BCUT2D eigenvalue weighted by Gasteiger charge is -2.11. The predicted molar refractivity (Wildman–Crippen MR) is 119 cm³/mol. The van der Waals surface area contributed by atoms with Gasteiger partial charge < -0.3 is 5.32 Å². The molecule has 1 amide bonds. The summed E-state index contributed by atoms with van der Waals surface area (Å²) < 4.78 is 16.5. The molecule has 4 aromatic rings. The Kier molecular flexibility index (Phi) is 6.11. The number of fused-ring (bicyclic) bond motifs is 1. The van der Waals surface area contributed by atoms with Gasteiger partial charge in [-0.1, -0.05) is 42.8 Å². The number of carbonyl (C=O) groups excluding carboxylic acids is 1. The molecule has 2 heterocycles. The largest absolute Gasteiger partial charge is 0.352 e. The summed E-state index contributed by atoms with van der Waals surface area (Å²) in [4.78, 5) is 25.1. The van der Waals surface area contributed by atoms with Crippen molar-refractivity contribution < 1.29 is 9.18 Å². The van der Waals surface area contributed by atoms with Gasteiger partial charge in [-0.3, -0.25) is 18.6 Å². The molecule has 0 radical (unpaired) electrons. The van der Waals surface area contributed by atoms with Gasteiger partial charge >= 0.3 is 5.56 Å². The zero-order chi connectivity index (χ0) is 22.7. The molecule has 1 N–H and O–H groups in total. The number of carbonyl (C=O) groups is 1. The van der Waals surface area contributed by atoms with Gasteiger partial charge in [-0.25, -0.2) is 4.39 Å². The van der Waals surface area contributed by atoms with E-state index in [0.29, 0.717) is 30.9 Å². The average molecular weight is 433 g/mol. The highest BCUT2D eigenvalue weighted by atomic mass is 19.1. The summed E-state index contributed by atoms with van der Waals surface area (Å²) in [5.41, 5.74) is 2.41. The Morgan fingerprint density at radius 3 is 2.66 bits per heavy atom. The van der Waals surface area contributed by atoms with Crippen LogP contribution in [0.25, 0.3) is 11.3 Å². The van der Waals surface area contributed by atoms with E-state index in [-0.39, 0.29) is 23.0 Å². The summed E-state index contributed by atoms with van der Waals surface area (Å²) >= 11 is 0. The number of aryl methyl sites for hydroxylation is 1. The molecule has 7 nitrogen and oxygen atoms in total. The summed E-state index contributed by atoms with van der Waals surface area (Å²) in [6.45, 7) is 4.47. The van der Waals surface area contributed by atoms with E-state index >= 15 is 0 Å². The molecule has 0 fully saturated rings. The number of nitrogens with one attached hydrogen (secondary N) is 1. The molecule has 164 valence electrons. The van der Waals surface area contributed by atoms with Crippen molar-refractivity contribution in [2.24, 2.45) is 5.92 Å². The fraction of sp³-hybridized carbons (Fsp3) is 0.250. The Morgan fingerprint density at radius 1 is 1.12 bits per heavy atom. The van der Waals surface area contributed by atoms with Crippen molar-refractivity contribution in [1.29, 1.82) is 0 Å². The van der Waals surface area contributed by atoms with Crippen LogP contribution in [0.15, 0.2) is 65.7 Å². The molecule has 0 spiro atoms. The van der Waals surface area contributed by atoms with Gasteiger partial charge in [-0.2, -0.15) is 0 Å². The Balaban J connectivity index is 1.42. The van der Waals surface area contributed by atoms with Crippen LogP contribution in [0.2, 0.25) is 0 Å². The molecule has 0 aliphatic rings. The number of amides is 1. The number of halogens is 1. The molecule has 32 heavy (non-hydrogen) atoms. The van der Waals surface area contributed by atoms with Crippen molar-refractivity contribution >= 4 is 11.6 Å². The number of aromatic nitrogens is 4. The second-order valence-corrected chi connectivity index (χ2v) is 8.04. The predicted octanol–water partition coefficient (Wildman–Crippen LogP) is 3.21. The van der Waals surface area contributed by atoms with Crippen LogP contribution in [0.3, 0.4) is 0 Å². The van der Waals surface area contributed by atoms with Crippen LogP contribution in [-0.4, -0.2) is 25.1 Å². The van der Waals surface area contributed by atoms with Crippen LogP contribution < -0.4 is 10.9 Å². The highest BCUT2D eigenvalue weighted by Crippen LogP contribution is 2.13. The topological polar surface area (TPSA) is 81.3 Å². The Bertz CT molecular complexity index is 1310. The molecule has 0 bridgehead atoms. The average Bonchev–Trinajstić information content (AvgIpc) is 3.17. The van der Waals surface area contributed by atoms with Gasteiger partial charge in [-0.15, -0.1) is 10.2 Å². The monoisotopic (exact) mass is 433 g/mol. The Morgan fingerprint density at radius 2 is 1.91 bits per heavy atom. The lowest BCUT2D eigenvalue weighted by Crippen LogP contribution is -2.25. The van der Waals surface area contributed by atoms with E-state index < -0.39 is 5.82 Å². The molecule has 4 rings (SSSR count). The lowest BCUT2D eigenvalue weighted by molar-refractivity contribution is -0.122. The van der Waals surface area contributed by atoms with Crippen LogP contribution in [0.1, 0.15) is 30.3 Å². The van der Waals surface area contributed by atoms with Gasteiger partial charge in [0.15, 0.2) is 0 Å². The minimum atomic E-state index is -0.425. The van der Waals surface area contributed by atoms with Crippen LogP contribution in [0.5, 0.6) is 0 Å². The first-order chi connectivity index (χ1) is 15.4. The smallest absolute Gasteiger partial charge is 0.300 e. The first kappa shape index (κ1) is 21.4. The molecule has 0 saturated heterocycles. The van der Waals surface area contributed by atoms with Gasteiger partial charge in [0.1, 0.15) is 11.6 Å². The summed E-state index contributed by atoms with van der Waals surface area (Å²) in [6, 6.07) is 13.8. The first-order valence-corrected chi connectivity index (χ1v) is 10.4. The van der Waals surface area contributed by atoms with Crippen molar-refractivity contribution in [2.45, 2.75) is 33.2 Å². The first-order valence-electron chi connectivity index (χ1n) is 10.4. The summed E-state index contributed by atoms with van der Waals surface area (Å²) in [5.74, 6) is 0.139. The van der Waals surface area contributed by atoms with E-state index in [9.17, 15) is 14.0 Å². The standard InChI is InChI=1S/C24H24FN5O2/c1-16-6-8-18(9-7-16)15-26-22(31)13-17(2)12-21-27-28-23-24(32)29(10-11-30(21)23)20-5-3-4-19(25)14-20/h3-11,14,17H,12-13,15H2,1-2H3,(H,26,31). The minimum Gasteiger partial charge on any atom is -0.352 e. The van der Waals surface area contributed by atoms with E-state index in [1.807, 2.05) is 38.1 Å². The fourth-order valence-electron chi connectivity index (χ4n) is 3.58. The molecular weight excluding hydrogens is 409 g/mol. The third-order valence-corrected chi connectivity index (χ3v) is 5.30. The maximum absolute atomic E-state index is 13.5. The number of rotatable bonds is 7. The highest BCUT2D eigenvalue weighted by Gasteiger charge is 2.16. The van der Waals surface area contributed by atoms with Crippen molar-refractivity contribution in [3.05, 3.63) is 94.0 Å². The van der Waals surface area contributed by atoms with E-state index in [4.69, 9.17) is 0 Å². The van der Waals surface area contributed by atoms with Crippen molar-refractivity contribution in [2.75, 3.05) is 0 Å². The van der Waals surface area contributed by atoms with Crippen molar-refractivity contribution in [3.8, 4) is 5.69 Å². The van der Waals surface area contributed by atoms with Crippen molar-refractivity contribution in [1.82, 2.24) is 24.5 Å². The lowest BCUT2D eigenvalue weighted by atomic mass is 10.0. The Hall–Kier alpha value is -3.81. The highest BCUT2D eigenvalue weighted by molar-refractivity contribution is 5.76. The van der Waals surface area contributed by atoms with Gasteiger partial charge in [0.2, 0.25) is 11.6 Å². The van der Waals surface area contributed by atoms with Crippen LogP contribution >= 0.6 is 0 Å². The minimum absolute atomic E-state index is 0.00562. The third kappa shape index (κ3) is 4.74. The maximum Gasteiger partial charge on any atom is 0.300 e. The van der Waals surface area contributed by atoms with E-state index in [1.54, 1.807) is 28.9 Å². The van der Waals surface area contributed by atoms with Gasteiger partial charge in [-0.05, 0) is 36.6 Å². The molecule has 0 aliphatic carbocycles. The van der Waals surface area contributed by atoms with Crippen LogP contribution in [0.4, 0.5) is 4.39 Å². The van der Waals surface area contributed by atoms with Crippen LogP contribution in [0, 0.1) is 18.7 Å². The number of nitrogens with zero attached hydrogens (tertiary/aromatic N) is 4. The molecular formula is C24H24FN5O2. The number of hydrogen-bond acceptors (Lipinski definition) is 4. The Labute approximate surface area is 184 Å². The zero-order valence-corrected chi connectivity index (χ0v) is 18.0. The summed E-state index contributed by atoms with van der Waals surface area (Å²) in [7, 11) is 0. The number of benzene rings is 2. The second-order valence-electron chi connectivity index (χ2n) is 8.04. The summed E-state index contributed by atoms with van der Waals surface area (Å²) in [5, 5.41) is 11.1. The molecule has 1 unspecified atom stereocenters. The van der Waals surface area contributed by atoms with Crippen LogP contribution in [-0.2, 0) is 17.8 Å². The third-order valence-electron chi connectivity index (χ3n) is 5.30. The van der Waals surface area contributed by atoms with E-state index in [2.05, 4.69) is 15.5 Å². The van der Waals surface area contributed by atoms with Gasteiger partial charge in [0.05, 0.1) is 5.69 Å². The SMILES string of the molecule is Cc1ccc(CNC(=O)CC(C)Cc2nnc3c(=O)n(-c4cccc(F)c4)ccn23)cc1. The molecule has 8 heteroatoms. The van der Waals surface area contributed by atoms with E-state index in [1.165, 1.54) is 22.3 Å². The van der Waals surface area contributed by atoms with E-state index in [0.717, 1.165) is 5.56 Å². The normalized spacial score (nSPS) is 12.1. The molecule has 0 saturated carbocycles. The number of hydrogen-bond donors (Lipinski definition) is 1. The van der Waals surface area contributed by atoms with Gasteiger partial charge in [0.25, 0.3) is 0 Å². The summed E-state index contributed by atoms with van der Waals surface area (Å²) in [6.07, 6.45) is 4.07. The fourth-order valence-corrected chi connectivity index (χ4v) is 3.58.